The van der Waals surface area contributed by atoms with E-state index in [1.54, 1.807) is 48.5 Å². The van der Waals surface area contributed by atoms with E-state index in [1.807, 2.05) is 72.8 Å². The van der Waals surface area contributed by atoms with Gasteiger partial charge in [0.25, 0.3) is 5.91 Å². The quantitative estimate of drug-likeness (QED) is 0.312. The molecule has 4 aromatic carbocycles. The SMILES string of the molecule is O=C(NC=C(OP(=O)(c1ccccc1)c1ccccc1)c1ccccc1)c1ccccc1. The number of amides is 1. The standard InChI is InChI=1S/C27H22NO3P/c29-27(23-15-7-2-8-16-23)28-21-26(22-13-5-1-6-14-22)31-32(30,24-17-9-3-10-18-24)25-19-11-4-12-20-25/h1-21H,(H,28,29). The van der Waals surface area contributed by atoms with E-state index in [-0.39, 0.29) is 5.91 Å². The van der Waals surface area contributed by atoms with Gasteiger partial charge in [0.05, 0.1) is 10.6 Å². The Bertz CT molecular complexity index is 1200. The first-order valence-electron chi connectivity index (χ1n) is 10.2. The van der Waals surface area contributed by atoms with Crippen LogP contribution in [0.2, 0.25) is 0 Å². The number of rotatable bonds is 7. The van der Waals surface area contributed by atoms with Gasteiger partial charge in [-0.3, -0.25) is 9.36 Å². The van der Waals surface area contributed by atoms with Gasteiger partial charge in [0, 0.05) is 17.3 Å². The van der Waals surface area contributed by atoms with Crippen LogP contribution in [0.4, 0.5) is 0 Å². The Kier molecular flexibility index (Phi) is 6.64. The highest BCUT2D eigenvalue weighted by Gasteiger charge is 2.31. The monoisotopic (exact) mass is 439 g/mol. The van der Waals surface area contributed by atoms with E-state index in [1.165, 1.54) is 6.20 Å². The summed E-state index contributed by atoms with van der Waals surface area (Å²) in [4.78, 5) is 12.6. The van der Waals surface area contributed by atoms with E-state index in [2.05, 4.69) is 5.32 Å². The summed E-state index contributed by atoms with van der Waals surface area (Å²) in [6.45, 7) is 0. The predicted molar refractivity (Wildman–Crippen MR) is 129 cm³/mol. The third-order valence-electron chi connectivity index (χ3n) is 4.85. The Labute approximate surface area is 187 Å². The lowest BCUT2D eigenvalue weighted by atomic mass is 10.2. The highest BCUT2D eigenvalue weighted by atomic mass is 31.2. The molecule has 0 aliphatic carbocycles. The van der Waals surface area contributed by atoms with E-state index < -0.39 is 7.37 Å². The molecule has 4 nitrogen and oxygen atoms in total. The van der Waals surface area contributed by atoms with E-state index >= 15 is 0 Å². The van der Waals surface area contributed by atoms with Crippen LogP contribution in [0, 0.1) is 0 Å². The van der Waals surface area contributed by atoms with Crippen molar-refractivity contribution in [3.63, 3.8) is 0 Å². The maximum absolute atomic E-state index is 14.3. The molecule has 0 fully saturated rings. The first-order chi connectivity index (χ1) is 15.7. The van der Waals surface area contributed by atoms with Crippen molar-refractivity contribution >= 4 is 29.6 Å². The van der Waals surface area contributed by atoms with Crippen LogP contribution in [0.1, 0.15) is 15.9 Å². The topological polar surface area (TPSA) is 55.4 Å². The molecule has 1 amide bonds. The summed E-state index contributed by atoms with van der Waals surface area (Å²) in [5.74, 6) is 0.0304. The molecule has 0 aromatic heterocycles. The zero-order valence-electron chi connectivity index (χ0n) is 17.3. The molecular formula is C27H22NO3P. The van der Waals surface area contributed by atoms with Gasteiger partial charge in [-0.25, -0.2) is 0 Å². The average Bonchev–Trinajstić information content (AvgIpc) is 2.88. The molecule has 32 heavy (non-hydrogen) atoms. The van der Waals surface area contributed by atoms with Crippen molar-refractivity contribution < 1.29 is 13.9 Å². The largest absolute Gasteiger partial charge is 0.435 e. The smallest absolute Gasteiger partial charge is 0.306 e. The van der Waals surface area contributed by atoms with Crippen LogP contribution in [0.15, 0.2) is 128 Å². The lowest BCUT2D eigenvalue weighted by Crippen LogP contribution is -2.20. The number of nitrogens with one attached hydrogen (secondary N) is 1. The number of carbonyl (C=O) groups excluding carboxylic acids is 1. The van der Waals surface area contributed by atoms with Gasteiger partial charge in [0.1, 0.15) is 0 Å². The molecule has 0 bridgehead atoms. The molecule has 0 saturated carbocycles. The van der Waals surface area contributed by atoms with Gasteiger partial charge in [-0.2, -0.15) is 0 Å². The van der Waals surface area contributed by atoms with Crippen molar-refractivity contribution in [3.05, 3.63) is 139 Å². The fourth-order valence-corrected chi connectivity index (χ4v) is 5.28. The zero-order chi connectivity index (χ0) is 22.2. The Morgan fingerprint density at radius 2 is 1.03 bits per heavy atom. The molecule has 4 rings (SSSR count). The molecular weight excluding hydrogens is 417 g/mol. The van der Waals surface area contributed by atoms with Crippen molar-refractivity contribution in [2.45, 2.75) is 0 Å². The minimum Gasteiger partial charge on any atom is -0.435 e. The van der Waals surface area contributed by atoms with Crippen molar-refractivity contribution in [1.29, 1.82) is 0 Å². The Hall–Kier alpha value is -3.88. The molecule has 0 atom stereocenters. The van der Waals surface area contributed by atoms with Gasteiger partial charge in [-0.05, 0) is 36.4 Å². The molecule has 158 valence electrons. The van der Waals surface area contributed by atoms with Gasteiger partial charge >= 0.3 is 7.37 Å². The minimum absolute atomic E-state index is 0.281. The summed E-state index contributed by atoms with van der Waals surface area (Å²) in [6, 6.07) is 36.4. The summed E-state index contributed by atoms with van der Waals surface area (Å²) in [6.07, 6.45) is 1.48. The van der Waals surface area contributed by atoms with Gasteiger partial charge in [0.2, 0.25) is 0 Å². The summed E-state index contributed by atoms with van der Waals surface area (Å²) < 4.78 is 20.6. The summed E-state index contributed by atoms with van der Waals surface area (Å²) in [7, 11) is -3.50. The average molecular weight is 439 g/mol. The highest BCUT2D eigenvalue weighted by Crippen LogP contribution is 2.48. The van der Waals surface area contributed by atoms with Gasteiger partial charge in [0.15, 0.2) is 5.76 Å². The third kappa shape index (κ3) is 4.88. The lowest BCUT2D eigenvalue weighted by molar-refractivity contribution is 0.0969. The molecule has 0 unspecified atom stereocenters. The molecule has 0 saturated heterocycles. The molecule has 5 heteroatoms. The van der Waals surface area contributed by atoms with E-state index in [0.717, 1.165) is 0 Å². The van der Waals surface area contributed by atoms with Crippen molar-refractivity contribution in [2.24, 2.45) is 0 Å². The molecule has 0 radical (unpaired) electrons. The number of hydrogen-bond donors (Lipinski definition) is 1. The first-order valence-corrected chi connectivity index (χ1v) is 11.8. The Balaban J connectivity index is 1.75. The third-order valence-corrected chi connectivity index (χ3v) is 7.26. The van der Waals surface area contributed by atoms with Crippen LogP contribution in [0.3, 0.4) is 0 Å². The number of benzene rings is 4. The van der Waals surface area contributed by atoms with Crippen LogP contribution in [-0.4, -0.2) is 5.91 Å². The van der Waals surface area contributed by atoms with Crippen LogP contribution >= 0.6 is 7.37 Å². The van der Waals surface area contributed by atoms with Gasteiger partial charge in [-0.1, -0.05) is 84.9 Å². The summed E-state index contributed by atoms with van der Waals surface area (Å²) in [5, 5.41) is 3.92. The highest BCUT2D eigenvalue weighted by molar-refractivity contribution is 7.74. The predicted octanol–water partition coefficient (Wildman–Crippen LogP) is 5.36. The number of hydrogen-bond acceptors (Lipinski definition) is 3. The van der Waals surface area contributed by atoms with Gasteiger partial charge in [-0.15, -0.1) is 0 Å². The van der Waals surface area contributed by atoms with Crippen LogP contribution in [0.25, 0.3) is 5.76 Å². The van der Waals surface area contributed by atoms with Crippen LogP contribution < -0.4 is 15.9 Å². The minimum atomic E-state index is -3.50. The summed E-state index contributed by atoms with van der Waals surface area (Å²) in [5.41, 5.74) is 1.22. The maximum atomic E-state index is 14.3. The van der Waals surface area contributed by atoms with Crippen LogP contribution in [0.5, 0.6) is 0 Å². The van der Waals surface area contributed by atoms with Crippen molar-refractivity contribution in [2.75, 3.05) is 0 Å². The van der Waals surface area contributed by atoms with Crippen molar-refractivity contribution in [3.8, 4) is 0 Å². The Morgan fingerprint density at radius 3 is 1.50 bits per heavy atom. The molecule has 0 aliphatic rings. The molecule has 4 aromatic rings. The second-order valence-corrected chi connectivity index (χ2v) is 9.35. The van der Waals surface area contributed by atoms with E-state index in [0.29, 0.717) is 27.5 Å². The van der Waals surface area contributed by atoms with Gasteiger partial charge < -0.3 is 9.84 Å². The van der Waals surface area contributed by atoms with Crippen molar-refractivity contribution in [1.82, 2.24) is 5.32 Å². The lowest BCUT2D eigenvalue weighted by Gasteiger charge is -2.22. The Morgan fingerprint density at radius 1 is 0.625 bits per heavy atom. The molecule has 1 N–H and O–H groups in total. The molecule has 0 heterocycles. The maximum Gasteiger partial charge on any atom is 0.306 e. The summed E-state index contributed by atoms with van der Waals surface area (Å²) >= 11 is 0. The molecule has 0 spiro atoms. The molecule has 0 aliphatic heterocycles. The second-order valence-electron chi connectivity index (χ2n) is 7.03. The van der Waals surface area contributed by atoms with E-state index in [9.17, 15) is 9.36 Å². The zero-order valence-corrected chi connectivity index (χ0v) is 18.2. The number of carbonyl (C=O) groups is 1. The van der Waals surface area contributed by atoms with E-state index in [4.69, 9.17) is 4.52 Å². The normalized spacial score (nSPS) is 11.6. The second kappa shape index (κ2) is 9.95. The fourth-order valence-electron chi connectivity index (χ4n) is 3.21. The first kappa shape index (κ1) is 21.4. The fraction of sp³-hybridized carbons (Fsp3) is 0. The van der Waals surface area contributed by atoms with Crippen LogP contribution in [-0.2, 0) is 9.09 Å².